The number of carbonyl (C=O) groups excluding carboxylic acids is 1. The zero-order valence-corrected chi connectivity index (χ0v) is 14.6. The van der Waals surface area contributed by atoms with E-state index >= 15 is 0 Å². The molecule has 0 fully saturated rings. The van der Waals surface area contributed by atoms with Crippen molar-refractivity contribution in [2.24, 2.45) is 5.10 Å². The summed E-state index contributed by atoms with van der Waals surface area (Å²) >= 11 is 0. The van der Waals surface area contributed by atoms with Crippen LogP contribution in [0.5, 0.6) is 0 Å². The van der Waals surface area contributed by atoms with Crippen LogP contribution in [0.4, 0.5) is 11.4 Å². The Labute approximate surface area is 157 Å². The fourth-order valence-electron chi connectivity index (χ4n) is 2.45. The van der Waals surface area contributed by atoms with Gasteiger partial charge in [-0.05, 0) is 47.5 Å². The minimum Gasteiger partial charge on any atom is -0.761 e. The van der Waals surface area contributed by atoms with Gasteiger partial charge in [0, 0.05) is 23.5 Å². The van der Waals surface area contributed by atoms with E-state index in [2.05, 4.69) is 28.0 Å². The second-order valence-electron chi connectivity index (χ2n) is 5.84. The summed E-state index contributed by atoms with van der Waals surface area (Å²) in [7, 11) is 0. The summed E-state index contributed by atoms with van der Waals surface area (Å²) in [5, 5.41) is 17.9. The molecular weight excluding hydrogens is 340 g/mol. The number of nitrogens with one attached hydrogen (secondary N) is 3. The van der Waals surface area contributed by atoms with Crippen LogP contribution in [0.2, 0.25) is 0 Å². The average Bonchev–Trinajstić information content (AvgIpc) is 2.73. The number of benzene rings is 3. The van der Waals surface area contributed by atoms with Gasteiger partial charge in [-0.1, -0.05) is 42.5 Å². The Hall–Kier alpha value is -3.64. The first-order valence-electron chi connectivity index (χ1n) is 8.44. The zero-order chi connectivity index (χ0) is 18.9. The van der Waals surface area contributed by atoms with Crippen LogP contribution in [0.1, 0.15) is 21.5 Å². The molecule has 0 aliphatic rings. The second-order valence-corrected chi connectivity index (χ2v) is 5.84. The fourth-order valence-corrected chi connectivity index (χ4v) is 2.45. The molecule has 0 saturated heterocycles. The molecule has 3 N–H and O–H groups in total. The zero-order valence-electron chi connectivity index (χ0n) is 14.6. The molecule has 6 nitrogen and oxygen atoms in total. The van der Waals surface area contributed by atoms with E-state index in [4.69, 9.17) is 0 Å². The number of hydrogen-bond acceptors (Lipinski definition) is 5. The Morgan fingerprint density at radius 2 is 1.70 bits per heavy atom. The third-order valence-electron chi connectivity index (χ3n) is 3.87. The van der Waals surface area contributed by atoms with Gasteiger partial charge < -0.3 is 16.0 Å². The largest absolute Gasteiger partial charge is 0.761 e. The molecule has 0 aliphatic carbocycles. The van der Waals surface area contributed by atoms with Crippen LogP contribution in [-0.4, -0.2) is 12.1 Å². The first-order chi connectivity index (χ1) is 13.2. The Kier molecular flexibility index (Phi) is 6.17. The van der Waals surface area contributed by atoms with E-state index in [1.54, 1.807) is 36.4 Å². The number of carbonyl (C=O) groups is 1. The minimum absolute atomic E-state index is 0.307. The van der Waals surface area contributed by atoms with Crippen LogP contribution in [0.15, 0.2) is 84.0 Å². The van der Waals surface area contributed by atoms with Crippen molar-refractivity contribution in [3.8, 4) is 0 Å². The van der Waals surface area contributed by atoms with Gasteiger partial charge in [-0.2, -0.15) is 5.10 Å². The lowest BCUT2D eigenvalue weighted by Crippen LogP contribution is -2.17. The van der Waals surface area contributed by atoms with E-state index in [1.807, 2.05) is 35.8 Å². The van der Waals surface area contributed by atoms with E-state index in [1.165, 1.54) is 11.8 Å². The van der Waals surface area contributed by atoms with Crippen molar-refractivity contribution in [3.63, 3.8) is 0 Å². The number of anilines is 2. The maximum Gasteiger partial charge on any atom is 0.271 e. The summed E-state index contributed by atoms with van der Waals surface area (Å²) in [6, 6.07) is 24.1. The molecule has 3 rings (SSSR count). The van der Waals surface area contributed by atoms with E-state index < -0.39 is 0 Å². The van der Waals surface area contributed by atoms with E-state index in [9.17, 15) is 10.0 Å². The monoisotopic (exact) mass is 359 g/mol. The van der Waals surface area contributed by atoms with Crippen molar-refractivity contribution in [1.29, 1.82) is 0 Å². The van der Waals surface area contributed by atoms with E-state index in [0.29, 0.717) is 23.4 Å². The molecule has 136 valence electrons. The number of hydrazone groups is 1. The molecule has 0 atom stereocenters. The standard InChI is InChI=1S/C21H19N4O2/c26-21(24-23-15-17-7-4-8-20(13-17)25-27)18-9-11-19(12-10-18)22-14-16-5-2-1-3-6-16/h1-13,15,22,25H,14H2,(H,24,26)/q-1/b23-15+. The first kappa shape index (κ1) is 18.2. The third kappa shape index (κ3) is 5.42. The number of hydrogen-bond donors (Lipinski definition) is 3. The van der Waals surface area contributed by atoms with E-state index in [0.717, 1.165) is 5.69 Å². The van der Waals surface area contributed by atoms with Crippen LogP contribution < -0.4 is 16.2 Å². The SMILES string of the molecule is O=C(N/N=C/c1cccc(N[O-])c1)c1ccc(NCc2ccccc2)cc1. The van der Waals surface area contributed by atoms with Gasteiger partial charge in [0.2, 0.25) is 0 Å². The molecule has 6 heteroatoms. The molecule has 3 aromatic carbocycles. The second kappa shape index (κ2) is 9.17. The van der Waals surface area contributed by atoms with Gasteiger partial charge in [0.05, 0.1) is 6.21 Å². The summed E-state index contributed by atoms with van der Waals surface area (Å²) in [5.74, 6) is -0.307. The van der Waals surface area contributed by atoms with Crippen molar-refractivity contribution in [2.45, 2.75) is 6.54 Å². The van der Waals surface area contributed by atoms with E-state index in [-0.39, 0.29) is 5.91 Å². The van der Waals surface area contributed by atoms with Gasteiger partial charge in [-0.25, -0.2) is 5.43 Å². The number of nitrogens with zero attached hydrogens (tertiary/aromatic N) is 1. The number of rotatable bonds is 7. The molecular formula is C21H19N4O2-. The smallest absolute Gasteiger partial charge is 0.271 e. The molecule has 3 aromatic rings. The van der Waals surface area contributed by atoms with Crippen molar-refractivity contribution in [1.82, 2.24) is 5.43 Å². The summed E-state index contributed by atoms with van der Waals surface area (Å²) in [6.07, 6.45) is 1.48. The molecule has 0 bridgehead atoms. The topological polar surface area (TPSA) is 88.6 Å². The molecule has 0 spiro atoms. The molecule has 0 saturated carbocycles. The molecule has 0 radical (unpaired) electrons. The lowest BCUT2D eigenvalue weighted by molar-refractivity contribution is 0.0955. The van der Waals surface area contributed by atoms with Gasteiger partial charge in [-0.3, -0.25) is 4.79 Å². The molecule has 0 unspecified atom stereocenters. The maximum absolute atomic E-state index is 12.1. The summed E-state index contributed by atoms with van der Waals surface area (Å²) in [6.45, 7) is 0.716. The van der Waals surface area contributed by atoms with Crippen molar-refractivity contribution in [2.75, 3.05) is 10.8 Å². The van der Waals surface area contributed by atoms with Crippen molar-refractivity contribution >= 4 is 23.5 Å². The molecule has 0 heterocycles. The molecule has 0 aromatic heterocycles. The first-order valence-corrected chi connectivity index (χ1v) is 8.44. The minimum atomic E-state index is -0.307. The van der Waals surface area contributed by atoms with Crippen LogP contribution in [0, 0.1) is 5.21 Å². The van der Waals surface area contributed by atoms with Gasteiger partial charge in [0.15, 0.2) is 0 Å². The van der Waals surface area contributed by atoms with Crippen molar-refractivity contribution < 1.29 is 4.79 Å². The Bertz CT molecular complexity index is 909. The molecule has 0 aliphatic heterocycles. The van der Waals surface area contributed by atoms with Crippen molar-refractivity contribution in [3.05, 3.63) is 101 Å². The van der Waals surface area contributed by atoms with Crippen LogP contribution in [0.3, 0.4) is 0 Å². The predicted octanol–water partition coefficient (Wildman–Crippen LogP) is 3.97. The normalized spacial score (nSPS) is 10.6. The summed E-state index contributed by atoms with van der Waals surface area (Å²) in [4.78, 5) is 12.1. The summed E-state index contributed by atoms with van der Waals surface area (Å²) < 4.78 is 0. The summed E-state index contributed by atoms with van der Waals surface area (Å²) in [5.41, 5.74) is 8.05. The maximum atomic E-state index is 12.1. The highest BCUT2D eigenvalue weighted by Crippen LogP contribution is 2.12. The third-order valence-corrected chi connectivity index (χ3v) is 3.87. The molecule has 27 heavy (non-hydrogen) atoms. The van der Waals surface area contributed by atoms with Gasteiger partial charge in [-0.15, -0.1) is 0 Å². The lowest BCUT2D eigenvalue weighted by Gasteiger charge is -2.08. The predicted molar refractivity (Wildman–Crippen MR) is 109 cm³/mol. The quantitative estimate of drug-likeness (QED) is 0.440. The van der Waals surface area contributed by atoms with Crippen LogP contribution >= 0.6 is 0 Å². The number of amides is 1. The van der Waals surface area contributed by atoms with Gasteiger partial charge >= 0.3 is 0 Å². The Balaban J connectivity index is 1.53. The average molecular weight is 359 g/mol. The van der Waals surface area contributed by atoms with Crippen LogP contribution in [0.25, 0.3) is 0 Å². The highest BCUT2D eigenvalue weighted by Gasteiger charge is 2.04. The Morgan fingerprint density at radius 1 is 0.926 bits per heavy atom. The van der Waals surface area contributed by atoms with Gasteiger partial charge in [0.1, 0.15) is 0 Å². The highest BCUT2D eigenvalue weighted by molar-refractivity contribution is 5.95. The van der Waals surface area contributed by atoms with Crippen LogP contribution in [-0.2, 0) is 6.54 Å². The highest BCUT2D eigenvalue weighted by atomic mass is 16.5. The van der Waals surface area contributed by atoms with Gasteiger partial charge in [0.25, 0.3) is 5.91 Å². The fraction of sp³-hybridized carbons (Fsp3) is 0.0476. The Morgan fingerprint density at radius 3 is 2.44 bits per heavy atom. The molecule has 1 amide bonds. The lowest BCUT2D eigenvalue weighted by atomic mass is 10.2.